The number of imide groups is 1. The Kier molecular flexibility index (Phi) is 5.58. The van der Waals surface area contributed by atoms with Gasteiger partial charge in [0.05, 0.1) is 25.0 Å². The van der Waals surface area contributed by atoms with Gasteiger partial charge in [-0.15, -0.1) is 0 Å². The third-order valence-electron chi connectivity index (χ3n) is 4.90. The number of β-amino-alcohol motifs (C(OH)–C–C–N with tert-alkyl or cyclic N) is 1. The Morgan fingerprint density at radius 2 is 1.56 bits per heavy atom. The normalized spacial score (nSPS) is 24.2. The zero-order valence-electron chi connectivity index (χ0n) is 14.5. The van der Waals surface area contributed by atoms with Crippen molar-refractivity contribution in [3.8, 4) is 11.5 Å². The predicted molar refractivity (Wildman–Crippen MR) is 91.3 cm³/mol. The van der Waals surface area contributed by atoms with Crippen LogP contribution in [0.4, 0.5) is 0 Å². The van der Waals surface area contributed by atoms with E-state index in [9.17, 15) is 14.7 Å². The van der Waals surface area contributed by atoms with Gasteiger partial charge >= 0.3 is 0 Å². The van der Waals surface area contributed by atoms with Crippen LogP contribution in [0, 0.1) is 11.8 Å². The molecule has 1 N–H and O–H groups in total. The summed E-state index contributed by atoms with van der Waals surface area (Å²) in [4.78, 5) is 26.0. The van der Waals surface area contributed by atoms with Crippen LogP contribution in [-0.4, -0.2) is 47.7 Å². The van der Waals surface area contributed by atoms with Gasteiger partial charge in [-0.1, -0.05) is 12.8 Å². The average Bonchev–Trinajstić information content (AvgIpc) is 2.87. The van der Waals surface area contributed by atoms with E-state index < -0.39 is 6.10 Å². The summed E-state index contributed by atoms with van der Waals surface area (Å²) < 4.78 is 10.9. The molecule has 6 heteroatoms. The number of carbonyl (C=O) groups is 2. The van der Waals surface area contributed by atoms with Crippen LogP contribution in [0.3, 0.4) is 0 Å². The fraction of sp³-hybridized carbons (Fsp3) is 0.579. The van der Waals surface area contributed by atoms with E-state index in [-0.39, 0.29) is 36.8 Å². The minimum Gasteiger partial charge on any atom is -0.494 e. The highest BCUT2D eigenvalue weighted by Crippen LogP contribution is 2.38. The molecule has 1 heterocycles. The lowest BCUT2D eigenvalue weighted by Crippen LogP contribution is -2.40. The second-order valence-corrected chi connectivity index (χ2v) is 6.65. The van der Waals surface area contributed by atoms with E-state index in [2.05, 4.69) is 0 Å². The number of fused-ring (bicyclic) bond motifs is 1. The minimum absolute atomic E-state index is 0.00168. The van der Waals surface area contributed by atoms with Crippen LogP contribution in [0.25, 0.3) is 0 Å². The fourth-order valence-electron chi connectivity index (χ4n) is 3.67. The zero-order valence-corrected chi connectivity index (χ0v) is 14.5. The standard InChI is InChI=1S/C19H25NO5/c1-2-24-14-7-9-15(10-8-14)25-12-13(21)11-20-18(22)16-5-3-4-6-17(16)19(20)23/h7-10,13,16-17,21H,2-6,11-12H2,1H3/t13-,16-,17+/m1/s1. The van der Waals surface area contributed by atoms with E-state index >= 15 is 0 Å². The summed E-state index contributed by atoms with van der Waals surface area (Å²) in [6, 6.07) is 7.11. The first-order chi connectivity index (χ1) is 12.1. The number of aliphatic hydroxyl groups excluding tert-OH is 1. The molecular weight excluding hydrogens is 322 g/mol. The van der Waals surface area contributed by atoms with Crippen molar-refractivity contribution in [2.45, 2.75) is 38.7 Å². The van der Waals surface area contributed by atoms with Crippen molar-refractivity contribution in [2.75, 3.05) is 19.8 Å². The van der Waals surface area contributed by atoms with Crippen LogP contribution in [-0.2, 0) is 9.59 Å². The molecular formula is C19H25NO5. The lowest BCUT2D eigenvalue weighted by Gasteiger charge is -2.19. The molecule has 1 aromatic rings. The number of rotatable bonds is 7. The topological polar surface area (TPSA) is 76.1 Å². The van der Waals surface area contributed by atoms with Gasteiger partial charge in [-0.2, -0.15) is 0 Å². The first-order valence-electron chi connectivity index (χ1n) is 8.99. The summed E-state index contributed by atoms with van der Waals surface area (Å²) in [5, 5.41) is 10.2. The quantitative estimate of drug-likeness (QED) is 0.764. The lowest BCUT2D eigenvalue weighted by molar-refractivity contribution is -0.141. The number of ether oxygens (including phenoxy) is 2. The summed E-state index contributed by atoms with van der Waals surface area (Å²) in [6.45, 7) is 2.54. The van der Waals surface area contributed by atoms with Crippen LogP contribution in [0.2, 0.25) is 0 Å². The van der Waals surface area contributed by atoms with Gasteiger partial charge in [0.25, 0.3) is 0 Å². The van der Waals surface area contributed by atoms with Crippen molar-refractivity contribution < 1.29 is 24.2 Å². The molecule has 1 aliphatic heterocycles. The molecule has 0 unspecified atom stereocenters. The van der Waals surface area contributed by atoms with Crippen LogP contribution in [0.5, 0.6) is 11.5 Å². The average molecular weight is 347 g/mol. The molecule has 0 aromatic heterocycles. The Morgan fingerprint density at radius 1 is 1.04 bits per heavy atom. The molecule has 0 radical (unpaired) electrons. The molecule has 1 saturated heterocycles. The summed E-state index contributed by atoms with van der Waals surface area (Å²) >= 11 is 0. The molecule has 2 amide bonds. The van der Waals surface area contributed by atoms with Crippen molar-refractivity contribution in [3.05, 3.63) is 24.3 Å². The van der Waals surface area contributed by atoms with E-state index in [4.69, 9.17) is 9.47 Å². The molecule has 1 aromatic carbocycles. The molecule has 136 valence electrons. The summed E-state index contributed by atoms with van der Waals surface area (Å²) in [6.07, 6.45) is 2.66. The van der Waals surface area contributed by atoms with Crippen molar-refractivity contribution in [1.82, 2.24) is 4.90 Å². The Morgan fingerprint density at radius 3 is 2.08 bits per heavy atom. The van der Waals surface area contributed by atoms with Crippen molar-refractivity contribution in [1.29, 1.82) is 0 Å². The van der Waals surface area contributed by atoms with Crippen LogP contribution < -0.4 is 9.47 Å². The van der Waals surface area contributed by atoms with Crippen LogP contribution in [0.1, 0.15) is 32.6 Å². The number of nitrogens with zero attached hydrogens (tertiary/aromatic N) is 1. The number of amides is 2. The van der Waals surface area contributed by atoms with Crippen LogP contribution >= 0.6 is 0 Å². The Labute approximate surface area is 147 Å². The number of carbonyl (C=O) groups excluding carboxylic acids is 2. The van der Waals surface area contributed by atoms with Gasteiger partial charge in [0.1, 0.15) is 24.2 Å². The van der Waals surface area contributed by atoms with Crippen molar-refractivity contribution in [2.24, 2.45) is 11.8 Å². The van der Waals surface area contributed by atoms with E-state index in [0.717, 1.165) is 31.4 Å². The van der Waals surface area contributed by atoms with Gasteiger partial charge in [-0.3, -0.25) is 14.5 Å². The number of benzene rings is 1. The SMILES string of the molecule is CCOc1ccc(OC[C@H](O)CN2C(=O)[C@H]3CCCC[C@H]3C2=O)cc1. The lowest BCUT2D eigenvalue weighted by atomic mass is 9.81. The third kappa shape index (κ3) is 3.95. The van der Waals surface area contributed by atoms with E-state index in [1.165, 1.54) is 4.90 Å². The number of aliphatic hydroxyl groups is 1. The Balaban J connectivity index is 1.51. The largest absolute Gasteiger partial charge is 0.494 e. The van der Waals surface area contributed by atoms with Gasteiger partial charge in [0, 0.05) is 0 Å². The number of likely N-dealkylation sites (tertiary alicyclic amines) is 1. The highest BCUT2D eigenvalue weighted by atomic mass is 16.5. The summed E-state index contributed by atoms with van der Waals surface area (Å²) in [5.41, 5.74) is 0. The molecule has 2 fully saturated rings. The maximum absolute atomic E-state index is 12.4. The maximum atomic E-state index is 12.4. The number of hydrogen-bond acceptors (Lipinski definition) is 5. The van der Waals surface area contributed by atoms with E-state index in [1.807, 2.05) is 6.92 Å². The molecule has 1 aliphatic carbocycles. The first-order valence-corrected chi connectivity index (χ1v) is 8.99. The fourth-order valence-corrected chi connectivity index (χ4v) is 3.67. The molecule has 0 spiro atoms. The second-order valence-electron chi connectivity index (χ2n) is 6.65. The van der Waals surface area contributed by atoms with Gasteiger partial charge < -0.3 is 14.6 Å². The van der Waals surface area contributed by atoms with Crippen molar-refractivity contribution >= 4 is 11.8 Å². The second kappa shape index (κ2) is 7.87. The third-order valence-corrected chi connectivity index (χ3v) is 4.90. The Hall–Kier alpha value is -2.08. The molecule has 0 bridgehead atoms. The van der Waals surface area contributed by atoms with Gasteiger partial charge in [-0.25, -0.2) is 0 Å². The molecule has 25 heavy (non-hydrogen) atoms. The van der Waals surface area contributed by atoms with Crippen molar-refractivity contribution in [3.63, 3.8) is 0 Å². The first kappa shape index (κ1) is 17.7. The molecule has 3 rings (SSSR count). The molecule has 1 saturated carbocycles. The van der Waals surface area contributed by atoms with E-state index in [0.29, 0.717) is 12.4 Å². The molecule has 2 aliphatic rings. The monoisotopic (exact) mass is 347 g/mol. The summed E-state index contributed by atoms with van der Waals surface area (Å²) in [5.74, 6) is 0.743. The molecule has 6 nitrogen and oxygen atoms in total. The van der Waals surface area contributed by atoms with Crippen LogP contribution in [0.15, 0.2) is 24.3 Å². The summed E-state index contributed by atoms with van der Waals surface area (Å²) in [7, 11) is 0. The highest BCUT2D eigenvalue weighted by Gasteiger charge is 2.48. The minimum atomic E-state index is -0.903. The van der Waals surface area contributed by atoms with Gasteiger partial charge in [-0.05, 0) is 44.0 Å². The highest BCUT2D eigenvalue weighted by molar-refractivity contribution is 6.05. The predicted octanol–water partition coefficient (Wildman–Crippen LogP) is 2.00. The number of hydrogen-bond donors (Lipinski definition) is 1. The van der Waals surface area contributed by atoms with Gasteiger partial charge in [0.15, 0.2) is 0 Å². The Bertz CT molecular complexity index is 591. The van der Waals surface area contributed by atoms with E-state index in [1.54, 1.807) is 24.3 Å². The smallest absolute Gasteiger partial charge is 0.233 e. The molecule has 3 atom stereocenters. The zero-order chi connectivity index (χ0) is 17.8. The maximum Gasteiger partial charge on any atom is 0.233 e. The van der Waals surface area contributed by atoms with Gasteiger partial charge in [0.2, 0.25) is 11.8 Å².